The van der Waals surface area contributed by atoms with E-state index in [1.165, 1.54) is 26.0 Å². The number of benzene rings is 1. The van der Waals surface area contributed by atoms with Crippen molar-refractivity contribution in [1.29, 1.82) is 0 Å². The Balaban J connectivity index is 2.28. The predicted octanol–water partition coefficient (Wildman–Crippen LogP) is 3.69. The number of nitrogens with two attached hydrogens (primary N) is 2. The first-order valence-electron chi connectivity index (χ1n) is 27.8. The van der Waals surface area contributed by atoms with Gasteiger partial charge in [-0.2, -0.15) is 5.10 Å². The highest BCUT2D eigenvalue weighted by Gasteiger charge is 2.39. The van der Waals surface area contributed by atoms with E-state index in [1.54, 1.807) is 65.8 Å². The van der Waals surface area contributed by atoms with Crippen LogP contribution in [0.5, 0.6) is 5.75 Å². The van der Waals surface area contributed by atoms with Gasteiger partial charge in [0.2, 0.25) is 41.4 Å². The number of hydrogen-bond donors (Lipinski definition) is 8. The van der Waals surface area contributed by atoms with Gasteiger partial charge in [0.05, 0.1) is 36.3 Å². The number of anilines is 1. The van der Waals surface area contributed by atoms with Crippen molar-refractivity contribution >= 4 is 76.0 Å². The number of carbonyl (C=O) groups excluding carboxylic acids is 11. The summed E-state index contributed by atoms with van der Waals surface area (Å²) >= 11 is 0. The van der Waals surface area contributed by atoms with Crippen molar-refractivity contribution in [2.45, 2.75) is 190 Å². The normalized spacial score (nSPS) is 15.7. The van der Waals surface area contributed by atoms with Gasteiger partial charge >= 0.3 is 0 Å². The van der Waals surface area contributed by atoms with E-state index in [9.17, 15) is 52.7 Å². The average molecular weight is 1110 g/mol. The maximum absolute atomic E-state index is 14.3. The number of Topliss-reactive ketones (excluding diaryl/α,β-unsaturated/α-hetero) is 3. The minimum absolute atomic E-state index is 0.00875. The van der Waals surface area contributed by atoms with Crippen molar-refractivity contribution in [3.05, 3.63) is 24.3 Å². The number of nitrogens with one attached hydrogen (secondary N) is 6. The fraction of sp³-hybridized carbons (Fsp3) is 0.684. The Hall–Kier alpha value is -6.74. The first-order valence-corrected chi connectivity index (χ1v) is 27.8. The largest absolute Gasteiger partial charge is 0.497 e. The summed E-state index contributed by atoms with van der Waals surface area (Å²) < 4.78 is 5.21. The third-order valence-electron chi connectivity index (χ3n) is 13.8. The number of hydrogen-bond acceptors (Lipinski definition) is 14. The average Bonchev–Trinajstić information content (AvgIpc) is 3.82. The van der Waals surface area contributed by atoms with Crippen molar-refractivity contribution in [1.82, 2.24) is 31.9 Å². The SMILES string of the molecule is COc1ccc(N2N=C(C(=O)NCCCC[C@H](CC(=O)[C@@H](NC(=O)C(C)(C)CC(=O)[C@H](CC(C)C)NC(=O)[C@H](CCCCNC(C)=O)CC(=O)[C@@H](NC(C)=O)C(C)C)C(C)C)C(=O)N[C@@H](CC(C)C)C(N)=O)CC2C(N)=O)cc1. The highest BCUT2D eigenvalue weighted by atomic mass is 16.5. The number of ether oxygens (including phenoxy) is 1. The van der Waals surface area contributed by atoms with E-state index >= 15 is 0 Å². The Morgan fingerprint density at radius 2 is 1.13 bits per heavy atom. The minimum atomic E-state index is -1.40. The molecule has 1 aliphatic heterocycles. The van der Waals surface area contributed by atoms with Gasteiger partial charge in [-0.3, -0.25) is 57.7 Å². The van der Waals surface area contributed by atoms with Crippen LogP contribution < -0.4 is 53.1 Å². The van der Waals surface area contributed by atoms with Crippen molar-refractivity contribution in [3.63, 3.8) is 0 Å². The monoisotopic (exact) mass is 1110 g/mol. The summed E-state index contributed by atoms with van der Waals surface area (Å²) in [4.78, 5) is 146. The molecular formula is C57H92N10O12. The van der Waals surface area contributed by atoms with Gasteiger partial charge in [-0.05, 0) is 86.5 Å². The molecule has 10 N–H and O–H groups in total. The molecule has 0 saturated heterocycles. The van der Waals surface area contributed by atoms with E-state index < -0.39 is 106 Å². The molecule has 0 spiro atoms. The first-order chi connectivity index (χ1) is 36.9. The molecule has 0 saturated carbocycles. The first kappa shape index (κ1) is 68.4. The Bertz CT molecular complexity index is 2320. The van der Waals surface area contributed by atoms with E-state index in [4.69, 9.17) is 16.2 Å². The van der Waals surface area contributed by atoms with Crippen LogP contribution in [0.25, 0.3) is 0 Å². The third-order valence-corrected chi connectivity index (χ3v) is 13.8. The summed E-state index contributed by atoms with van der Waals surface area (Å²) in [6.45, 7) is 20.9. The van der Waals surface area contributed by atoms with Gasteiger partial charge in [0, 0.05) is 64.5 Å². The standard InChI is InChI=1S/C57H92N10O12/c1-32(2)26-42(63-53(75)38(18-14-16-24-60-36(9)68)28-46(70)49(34(5)6)62-37(10)69)48(72)31-57(11,12)56(78)65-50(35(7)8)47(71)29-39(54(76)64-43(51(58)73)27-33(3)4)19-15-17-25-61-55(77)44-30-45(52(59)74)67(66-44)40-20-22-41(79-13)23-21-40/h20-23,32-35,38-39,42-43,45,49-50H,14-19,24-31H2,1-13H3,(H2,58,73)(H2,59,74)(H,60,68)(H,61,77)(H,62,69)(H,63,75)(H,64,76)(H,65,78)/t38-,39-,42+,43+,45?,49+,50+/m1/s1. The van der Waals surface area contributed by atoms with E-state index in [1.807, 2.05) is 27.7 Å². The molecule has 1 unspecified atom stereocenters. The zero-order valence-corrected chi connectivity index (χ0v) is 49.0. The summed E-state index contributed by atoms with van der Waals surface area (Å²) in [6.07, 6.45) is 1.72. The van der Waals surface area contributed by atoms with E-state index in [0.717, 1.165) is 0 Å². The molecule has 8 amide bonds. The van der Waals surface area contributed by atoms with E-state index in [0.29, 0.717) is 43.7 Å². The summed E-state index contributed by atoms with van der Waals surface area (Å²) in [5, 5.41) is 22.5. The molecule has 79 heavy (non-hydrogen) atoms. The van der Waals surface area contributed by atoms with Gasteiger partial charge in [-0.25, -0.2) is 0 Å². The second-order valence-corrected chi connectivity index (χ2v) is 23.1. The molecule has 22 nitrogen and oxygen atoms in total. The molecule has 1 aliphatic rings. The predicted molar refractivity (Wildman–Crippen MR) is 301 cm³/mol. The second-order valence-electron chi connectivity index (χ2n) is 23.1. The topological polar surface area (TPSA) is 337 Å². The lowest BCUT2D eigenvalue weighted by molar-refractivity contribution is -0.139. The highest BCUT2D eigenvalue weighted by Crippen LogP contribution is 2.29. The van der Waals surface area contributed by atoms with Gasteiger partial charge in [0.1, 0.15) is 23.5 Å². The number of rotatable bonds is 37. The summed E-state index contributed by atoms with van der Waals surface area (Å²) in [6, 6.07) is 1.88. The van der Waals surface area contributed by atoms with Crippen molar-refractivity contribution in [2.75, 3.05) is 25.2 Å². The Kier molecular flexibility index (Phi) is 28.6. The number of carbonyl (C=O) groups is 11. The molecule has 0 aromatic heterocycles. The molecule has 0 aliphatic carbocycles. The second kappa shape index (κ2) is 33.0. The molecule has 0 bridgehead atoms. The van der Waals surface area contributed by atoms with Crippen molar-refractivity contribution < 1.29 is 57.5 Å². The lowest BCUT2D eigenvalue weighted by Gasteiger charge is -2.31. The van der Waals surface area contributed by atoms with Crippen LogP contribution in [-0.4, -0.2) is 121 Å². The quantitative estimate of drug-likeness (QED) is 0.0442. The molecule has 1 aromatic carbocycles. The summed E-state index contributed by atoms with van der Waals surface area (Å²) in [5.41, 5.74) is 10.6. The number of nitrogens with zero attached hydrogens (tertiary/aromatic N) is 2. The summed E-state index contributed by atoms with van der Waals surface area (Å²) in [7, 11) is 1.52. The minimum Gasteiger partial charge on any atom is -0.497 e. The van der Waals surface area contributed by atoms with Gasteiger partial charge in [0.15, 0.2) is 17.3 Å². The fourth-order valence-electron chi connectivity index (χ4n) is 9.30. The fourth-order valence-corrected chi connectivity index (χ4v) is 9.30. The summed E-state index contributed by atoms with van der Waals surface area (Å²) in [5.74, 6) is -7.55. The van der Waals surface area contributed by atoms with Crippen LogP contribution in [-0.2, 0) is 52.7 Å². The van der Waals surface area contributed by atoms with Gasteiger partial charge in [0.25, 0.3) is 5.91 Å². The van der Waals surface area contributed by atoms with Gasteiger partial charge in [-0.1, -0.05) is 82.1 Å². The van der Waals surface area contributed by atoms with Crippen LogP contribution in [0.4, 0.5) is 5.69 Å². The number of ketones is 3. The Morgan fingerprint density at radius 3 is 1.57 bits per heavy atom. The molecule has 0 fully saturated rings. The van der Waals surface area contributed by atoms with Gasteiger partial charge < -0.3 is 48.1 Å². The number of unbranched alkanes of at least 4 members (excludes halogenated alkanes) is 2. The molecule has 22 heteroatoms. The maximum Gasteiger partial charge on any atom is 0.267 e. The van der Waals surface area contributed by atoms with E-state index in [2.05, 4.69) is 37.0 Å². The van der Waals surface area contributed by atoms with Crippen molar-refractivity contribution in [3.8, 4) is 5.75 Å². The number of hydrazone groups is 1. The van der Waals surface area contributed by atoms with Crippen molar-refractivity contribution in [2.24, 2.45) is 57.5 Å². The third kappa shape index (κ3) is 23.6. The van der Waals surface area contributed by atoms with Gasteiger partial charge in [-0.15, -0.1) is 0 Å². The Labute approximate surface area is 467 Å². The number of primary amides is 2. The van der Waals surface area contributed by atoms with Crippen LogP contribution in [0, 0.1) is 40.9 Å². The number of amides is 8. The smallest absolute Gasteiger partial charge is 0.267 e. The van der Waals surface area contributed by atoms with Crippen LogP contribution in [0.1, 0.15) is 160 Å². The van der Waals surface area contributed by atoms with E-state index in [-0.39, 0.29) is 93.1 Å². The molecular weight excluding hydrogens is 1020 g/mol. The molecule has 0 radical (unpaired) electrons. The Morgan fingerprint density at radius 1 is 0.646 bits per heavy atom. The van der Waals surface area contributed by atoms with Crippen LogP contribution >= 0.6 is 0 Å². The van der Waals surface area contributed by atoms with Crippen LogP contribution in [0.3, 0.4) is 0 Å². The molecule has 2 rings (SSSR count). The highest BCUT2D eigenvalue weighted by molar-refractivity contribution is 6.40. The van der Waals surface area contributed by atoms with Crippen LogP contribution in [0.15, 0.2) is 29.4 Å². The lowest BCUT2D eigenvalue weighted by Crippen LogP contribution is -2.52. The lowest BCUT2D eigenvalue weighted by atomic mass is 9.82. The zero-order valence-electron chi connectivity index (χ0n) is 49.0. The molecule has 442 valence electrons. The maximum atomic E-state index is 14.3. The molecule has 7 atom stereocenters. The van der Waals surface area contributed by atoms with Crippen LogP contribution in [0.2, 0.25) is 0 Å². The molecule has 1 heterocycles. The zero-order chi connectivity index (χ0) is 59.9. The molecule has 1 aromatic rings. The number of methoxy groups -OCH3 is 1.